The van der Waals surface area contributed by atoms with Crippen LogP contribution in [0.15, 0.2) is 48.5 Å². The van der Waals surface area contributed by atoms with Crippen LogP contribution in [0.1, 0.15) is 92.0 Å². The van der Waals surface area contributed by atoms with Gasteiger partial charge < -0.3 is 36.6 Å². The fourth-order valence-corrected chi connectivity index (χ4v) is 6.38. The van der Waals surface area contributed by atoms with Gasteiger partial charge in [-0.1, -0.05) is 19.9 Å². The molecule has 0 saturated carbocycles. The molecular formula is C35H42F2N4O6. The minimum atomic E-state index is -1.39. The van der Waals surface area contributed by atoms with Crippen LogP contribution in [0.5, 0.6) is 5.75 Å². The Hall–Kier alpha value is -4.39. The van der Waals surface area contributed by atoms with Gasteiger partial charge in [0.05, 0.1) is 25.4 Å². The summed E-state index contributed by atoms with van der Waals surface area (Å²) in [7, 11) is 1.53. The monoisotopic (exact) mass is 652 g/mol. The lowest BCUT2D eigenvalue weighted by molar-refractivity contribution is 0.0750. The van der Waals surface area contributed by atoms with Gasteiger partial charge in [0, 0.05) is 54.7 Å². The highest BCUT2D eigenvalue weighted by Gasteiger charge is 2.36. The first-order chi connectivity index (χ1) is 22.4. The molecule has 3 aromatic carbocycles. The fraction of sp³-hybridized carbons (Fsp3) is 0.400. The molecule has 0 unspecified atom stereocenters. The molecule has 0 radical (unpaired) electrons. The van der Waals surface area contributed by atoms with Crippen molar-refractivity contribution < 1.29 is 38.1 Å². The number of amides is 3. The largest absolute Gasteiger partial charge is 0.497 e. The molecule has 3 amide bonds. The highest BCUT2D eigenvalue weighted by molar-refractivity contribution is 6.06. The van der Waals surface area contributed by atoms with E-state index < -0.39 is 53.5 Å². The third-order valence-corrected chi connectivity index (χ3v) is 8.50. The Balaban J connectivity index is 1.85. The number of nitrogens with two attached hydrogens (primary N) is 2. The average Bonchev–Trinajstić information content (AvgIpc) is 3.34. The molecule has 3 aromatic rings. The Morgan fingerprint density at radius 1 is 0.979 bits per heavy atom. The normalized spacial score (nSPS) is 16.7. The average molecular weight is 653 g/mol. The van der Waals surface area contributed by atoms with E-state index in [0.717, 1.165) is 23.3 Å². The number of fused-ring (bicyclic) bond motifs is 1. The number of benzene rings is 3. The zero-order chi connectivity index (χ0) is 34.4. The standard InChI is InChI=1S/C35H42F2N4O6/c1-4-8-41(9-5-2)35(46)28-14-21(33(38)44)13-27(34(39)45)31(28)26(12-19-10-22(36)16-23(37)11-19)30(43)18-40-32-25-17-24(47-3)7-6-20(25)15-29(32)42/h6-7,10-11,13-14,16-17,26,29-30,32,40,42-43H,4-5,8-9,12,15,18H2,1-3H3,(H2,38,44)(H2,39,45)/t26-,29+,30+,32-/m1/s1. The number of carbonyl (C=O) groups excluding carboxylic acids is 3. The predicted octanol–water partition coefficient (Wildman–Crippen LogP) is 3.37. The van der Waals surface area contributed by atoms with Gasteiger partial charge in [-0.05, 0) is 77.9 Å². The molecule has 0 fully saturated rings. The number of aliphatic hydroxyl groups excluding tert-OH is 2. The van der Waals surface area contributed by atoms with Crippen LogP contribution in [0, 0.1) is 11.6 Å². The molecule has 12 heteroatoms. The van der Waals surface area contributed by atoms with Gasteiger partial charge in [0.25, 0.3) is 5.91 Å². The second kappa shape index (κ2) is 15.5. The molecular weight excluding hydrogens is 610 g/mol. The van der Waals surface area contributed by atoms with Crippen molar-refractivity contribution in [1.29, 1.82) is 0 Å². The second-order valence-electron chi connectivity index (χ2n) is 11.9. The molecule has 0 heterocycles. The van der Waals surface area contributed by atoms with Crippen LogP contribution < -0.4 is 21.5 Å². The van der Waals surface area contributed by atoms with Crippen molar-refractivity contribution in [3.8, 4) is 5.75 Å². The van der Waals surface area contributed by atoms with Crippen LogP contribution in [-0.4, -0.2) is 71.8 Å². The van der Waals surface area contributed by atoms with Gasteiger partial charge in [-0.15, -0.1) is 0 Å². The van der Waals surface area contributed by atoms with Crippen molar-refractivity contribution in [3.63, 3.8) is 0 Å². The van der Waals surface area contributed by atoms with Crippen LogP contribution in [0.2, 0.25) is 0 Å². The van der Waals surface area contributed by atoms with E-state index in [4.69, 9.17) is 16.2 Å². The van der Waals surface area contributed by atoms with E-state index in [1.54, 1.807) is 17.0 Å². The van der Waals surface area contributed by atoms with E-state index in [1.807, 2.05) is 19.9 Å². The summed E-state index contributed by atoms with van der Waals surface area (Å²) >= 11 is 0. The SMILES string of the molecule is CCCN(CCC)C(=O)c1cc(C(N)=O)cc(C(N)=O)c1[C@H](Cc1cc(F)cc(F)c1)[C@@H](O)CN[C@@H]1c2cc(OC)ccc2C[C@@H]1O. The summed E-state index contributed by atoms with van der Waals surface area (Å²) in [5.41, 5.74) is 12.8. The first-order valence-electron chi connectivity index (χ1n) is 15.7. The van der Waals surface area contributed by atoms with Gasteiger partial charge in [-0.2, -0.15) is 0 Å². The first kappa shape index (κ1) is 35.5. The van der Waals surface area contributed by atoms with Crippen molar-refractivity contribution in [3.05, 3.63) is 99.1 Å². The summed E-state index contributed by atoms with van der Waals surface area (Å²) in [5.74, 6) is -4.66. The van der Waals surface area contributed by atoms with E-state index in [2.05, 4.69) is 5.32 Å². The molecule has 0 bridgehead atoms. The Kier molecular flexibility index (Phi) is 11.7. The smallest absolute Gasteiger partial charge is 0.254 e. The maximum atomic E-state index is 14.4. The Labute approximate surface area is 272 Å². The van der Waals surface area contributed by atoms with Crippen molar-refractivity contribution in [2.45, 2.75) is 63.7 Å². The van der Waals surface area contributed by atoms with Crippen molar-refractivity contribution >= 4 is 17.7 Å². The number of hydrogen-bond donors (Lipinski definition) is 5. The molecule has 1 aliphatic carbocycles. The lowest BCUT2D eigenvalue weighted by Gasteiger charge is -2.31. The highest BCUT2D eigenvalue weighted by Crippen LogP contribution is 2.36. The Morgan fingerprint density at radius 2 is 1.62 bits per heavy atom. The van der Waals surface area contributed by atoms with E-state index in [9.17, 15) is 33.4 Å². The molecule has 10 nitrogen and oxygen atoms in total. The van der Waals surface area contributed by atoms with Crippen LogP contribution in [0.3, 0.4) is 0 Å². The molecule has 0 spiro atoms. The quantitative estimate of drug-likeness (QED) is 0.168. The zero-order valence-corrected chi connectivity index (χ0v) is 26.8. The lowest BCUT2D eigenvalue weighted by atomic mass is 9.80. The molecule has 0 aliphatic heterocycles. The zero-order valence-electron chi connectivity index (χ0n) is 26.8. The van der Waals surface area contributed by atoms with Crippen LogP contribution >= 0.6 is 0 Å². The molecule has 47 heavy (non-hydrogen) atoms. The van der Waals surface area contributed by atoms with E-state index in [0.29, 0.717) is 44.2 Å². The first-order valence-corrected chi connectivity index (χ1v) is 15.7. The Bertz CT molecular complexity index is 1610. The van der Waals surface area contributed by atoms with E-state index >= 15 is 0 Å². The number of halogens is 2. The molecule has 1 aliphatic rings. The van der Waals surface area contributed by atoms with Gasteiger partial charge in [-0.3, -0.25) is 14.4 Å². The number of methoxy groups -OCH3 is 1. The Morgan fingerprint density at radius 3 is 2.19 bits per heavy atom. The third-order valence-electron chi connectivity index (χ3n) is 8.50. The van der Waals surface area contributed by atoms with Crippen molar-refractivity contribution in [1.82, 2.24) is 10.2 Å². The topological polar surface area (TPSA) is 168 Å². The van der Waals surface area contributed by atoms with Gasteiger partial charge in [0.15, 0.2) is 0 Å². The minimum Gasteiger partial charge on any atom is -0.497 e. The van der Waals surface area contributed by atoms with E-state index in [1.165, 1.54) is 19.2 Å². The third kappa shape index (κ3) is 8.13. The minimum absolute atomic E-state index is 0.0257. The molecule has 0 aromatic heterocycles. The summed E-state index contributed by atoms with van der Waals surface area (Å²) in [6.45, 7) is 4.36. The summed E-state index contributed by atoms with van der Waals surface area (Å²) in [4.78, 5) is 41.0. The number of rotatable bonds is 15. The number of primary amides is 2. The van der Waals surface area contributed by atoms with Crippen molar-refractivity contribution in [2.75, 3.05) is 26.7 Å². The van der Waals surface area contributed by atoms with Gasteiger partial charge in [-0.25, -0.2) is 8.78 Å². The van der Waals surface area contributed by atoms with Crippen LogP contribution in [0.25, 0.3) is 0 Å². The van der Waals surface area contributed by atoms with Crippen LogP contribution in [-0.2, 0) is 12.8 Å². The second-order valence-corrected chi connectivity index (χ2v) is 11.9. The van der Waals surface area contributed by atoms with Gasteiger partial charge in [0.2, 0.25) is 11.8 Å². The fourth-order valence-electron chi connectivity index (χ4n) is 6.38. The molecule has 4 rings (SSSR count). The number of aliphatic hydroxyl groups is 2. The summed E-state index contributed by atoms with van der Waals surface area (Å²) in [5, 5.41) is 26.0. The number of ether oxygens (including phenoxy) is 1. The molecule has 0 saturated heterocycles. The van der Waals surface area contributed by atoms with E-state index in [-0.39, 0.29) is 40.8 Å². The summed E-state index contributed by atoms with van der Waals surface area (Å²) in [6, 6.07) is 10.2. The van der Waals surface area contributed by atoms with Gasteiger partial charge >= 0.3 is 0 Å². The van der Waals surface area contributed by atoms with Crippen LogP contribution in [0.4, 0.5) is 8.78 Å². The molecule has 7 N–H and O–H groups in total. The number of nitrogens with zero attached hydrogens (tertiary/aromatic N) is 1. The lowest BCUT2D eigenvalue weighted by Crippen LogP contribution is -2.40. The summed E-state index contributed by atoms with van der Waals surface area (Å²) in [6.07, 6.45) is -0.833. The predicted molar refractivity (Wildman–Crippen MR) is 172 cm³/mol. The highest BCUT2D eigenvalue weighted by atomic mass is 19.1. The number of nitrogens with one attached hydrogen (secondary N) is 1. The molecule has 252 valence electrons. The number of carbonyl (C=O) groups is 3. The van der Waals surface area contributed by atoms with Gasteiger partial charge in [0.1, 0.15) is 17.4 Å². The summed E-state index contributed by atoms with van der Waals surface area (Å²) < 4.78 is 34.1. The maximum absolute atomic E-state index is 14.4. The maximum Gasteiger partial charge on any atom is 0.254 e. The number of hydrogen-bond acceptors (Lipinski definition) is 7. The van der Waals surface area contributed by atoms with Crippen molar-refractivity contribution in [2.24, 2.45) is 11.5 Å². The molecule has 4 atom stereocenters.